The van der Waals surface area contributed by atoms with Gasteiger partial charge in [0.15, 0.2) is 0 Å². The van der Waals surface area contributed by atoms with Crippen LogP contribution in [0.4, 0.5) is 0 Å². The lowest BCUT2D eigenvalue weighted by Gasteiger charge is -2.03. The molecule has 0 saturated carbocycles. The fourth-order valence-electron chi connectivity index (χ4n) is 1.37. The first-order valence-electron chi connectivity index (χ1n) is 6.77. The van der Waals surface area contributed by atoms with Crippen molar-refractivity contribution < 1.29 is 4.79 Å². The second-order valence-electron chi connectivity index (χ2n) is 4.78. The molecule has 1 amide bonds. The van der Waals surface area contributed by atoms with Crippen LogP contribution in [-0.4, -0.2) is 12.5 Å². The van der Waals surface area contributed by atoms with Crippen molar-refractivity contribution in [3.63, 3.8) is 0 Å². The van der Waals surface area contributed by atoms with Gasteiger partial charge in [0.1, 0.15) is 0 Å². The van der Waals surface area contributed by atoms with Crippen LogP contribution in [0.25, 0.3) is 0 Å². The topological polar surface area (TPSA) is 29.1 Å². The van der Waals surface area contributed by atoms with E-state index in [2.05, 4.69) is 32.2 Å². The summed E-state index contributed by atoms with van der Waals surface area (Å²) >= 11 is 0. The molecule has 17 heavy (non-hydrogen) atoms. The van der Waals surface area contributed by atoms with Crippen molar-refractivity contribution >= 4 is 5.91 Å². The average molecular weight is 237 g/mol. The number of unbranched alkanes of at least 4 members (excludes halogenated alkanes) is 4. The van der Waals surface area contributed by atoms with E-state index >= 15 is 0 Å². The molecule has 0 aliphatic rings. The highest BCUT2D eigenvalue weighted by Crippen LogP contribution is 2.02. The minimum atomic E-state index is -0.00525. The zero-order chi connectivity index (χ0) is 12.9. The third-order valence-corrected chi connectivity index (χ3v) is 2.40. The standard InChI is InChI=1S/C15H27NO/c1-4-5-6-7-8-9-10-11-12-15(17)16-13-14(2)3/h9-12,14H,4-8,13H2,1-3H3,(H,16,17). The molecular formula is C15H27NO. The van der Waals surface area contributed by atoms with E-state index in [0.29, 0.717) is 5.92 Å². The summed E-state index contributed by atoms with van der Waals surface area (Å²) in [6.45, 7) is 7.12. The number of carbonyl (C=O) groups excluding carboxylic acids is 1. The van der Waals surface area contributed by atoms with Gasteiger partial charge in [0.05, 0.1) is 0 Å². The van der Waals surface area contributed by atoms with Crippen LogP contribution in [0.15, 0.2) is 24.3 Å². The molecule has 0 radical (unpaired) electrons. The number of nitrogens with one attached hydrogen (secondary N) is 1. The highest BCUT2D eigenvalue weighted by atomic mass is 16.1. The summed E-state index contributed by atoms with van der Waals surface area (Å²) < 4.78 is 0. The van der Waals surface area contributed by atoms with Gasteiger partial charge in [-0.25, -0.2) is 0 Å². The largest absolute Gasteiger partial charge is 0.352 e. The fourth-order valence-corrected chi connectivity index (χ4v) is 1.37. The van der Waals surface area contributed by atoms with Crippen molar-refractivity contribution in [1.29, 1.82) is 0 Å². The Labute approximate surface area is 106 Å². The predicted octanol–water partition coefficient (Wildman–Crippen LogP) is 3.84. The van der Waals surface area contributed by atoms with E-state index in [1.807, 2.05) is 12.2 Å². The molecule has 98 valence electrons. The molecule has 0 unspecified atom stereocenters. The molecule has 0 aliphatic heterocycles. The highest BCUT2D eigenvalue weighted by molar-refractivity contribution is 5.87. The zero-order valence-electron chi connectivity index (χ0n) is 11.5. The van der Waals surface area contributed by atoms with Crippen molar-refractivity contribution in [2.24, 2.45) is 5.92 Å². The van der Waals surface area contributed by atoms with E-state index in [1.54, 1.807) is 6.08 Å². The molecule has 0 rings (SSSR count). The zero-order valence-corrected chi connectivity index (χ0v) is 11.5. The van der Waals surface area contributed by atoms with Crippen LogP contribution >= 0.6 is 0 Å². The van der Waals surface area contributed by atoms with Crippen LogP contribution in [0, 0.1) is 5.92 Å². The van der Waals surface area contributed by atoms with Crippen LogP contribution in [0.3, 0.4) is 0 Å². The van der Waals surface area contributed by atoms with Gasteiger partial charge in [-0.3, -0.25) is 4.79 Å². The van der Waals surface area contributed by atoms with Gasteiger partial charge in [0, 0.05) is 12.6 Å². The Morgan fingerprint density at radius 3 is 2.59 bits per heavy atom. The molecule has 0 atom stereocenters. The first-order chi connectivity index (χ1) is 8.16. The lowest BCUT2D eigenvalue weighted by Crippen LogP contribution is -2.25. The van der Waals surface area contributed by atoms with E-state index in [-0.39, 0.29) is 5.91 Å². The molecule has 1 N–H and O–H groups in total. The van der Waals surface area contributed by atoms with Gasteiger partial charge in [-0.15, -0.1) is 0 Å². The molecule has 0 saturated heterocycles. The lowest BCUT2D eigenvalue weighted by atomic mass is 10.1. The maximum absolute atomic E-state index is 11.3. The van der Waals surface area contributed by atoms with E-state index in [1.165, 1.54) is 25.7 Å². The molecule has 2 heteroatoms. The smallest absolute Gasteiger partial charge is 0.243 e. The normalized spacial score (nSPS) is 11.8. The van der Waals surface area contributed by atoms with Crippen molar-refractivity contribution in [3.8, 4) is 0 Å². The summed E-state index contributed by atoms with van der Waals surface area (Å²) in [5.41, 5.74) is 0. The molecule has 0 bridgehead atoms. The maximum Gasteiger partial charge on any atom is 0.243 e. The fraction of sp³-hybridized carbons (Fsp3) is 0.667. The van der Waals surface area contributed by atoms with Gasteiger partial charge in [0.25, 0.3) is 0 Å². The Morgan fingerprint density at radius 2 is 1.94 bits per heavy atom. The second-order valence-corrected chi connectivity index (χ2v) is 4.78. The first-order valence-corrected chi connectivity index (χ1v) is 6.77. The van der Waals surface area contributed by atoms with Crippen molar-refractivity contribution in [2.75, 3.05) is 6.54 Å². The molecule has 0 fully saturated rings. The molecule has 0 aromatic carbocycles. The number of allylic oxidation sites excluding steroid dienone is 3. The Hall–Kier alpha value is -1.05. The minimum Gasteiger partial charge on any atom is -0.352 e. The number of amides is 1. The van der Waals surface area contributed by atoms with Crippen molar-refractivity contribution in [2.45, 2.75) is 52.9 Å². The molecule has 0 heterocycles. The summed E-state index contributed by atoms with van der Waals surface area (Å²) in [5.74, 6) is 0.496. The van der Waals surface area contributed by atoms with Crippen LogP contribution in [0.5, 0.6) is 0 Å². The quantitative estimate of drug-likeness (QED) is 0.368. The molecule has 2 nitrogen and oxygen atoms in total. The Morgan fingerprint density at radius 1 is 1.18 bits per heavy atom. The van der Waals surface area contributed by atoms with E-state index in [0.717, 1.165) is 13.0 Å². The summed E-state index contributed by atoms with van der Waals surface area (Å²) in [4.78, 5) is 11.3. The number of rotatable bonds is 9. The molecule has 0 spiro atoms. The van der Waals surface area contributed by atoms with Crippen molar-refractivity contribution in [1.82, 2.24) is 5.32 Å². The maximum atomic E-state index is 11.3. The summed E-state index contributed by atoms with van der Waals surface area (Å²) in [7, 11) is 0. The van der Waals surface area contributed by atoms with Crippen LogP contribution in [-0.2, 0) is 4.79 Å². The van der Waals surface area contributed by atoms with Gasteiger partial charge >= 0.3 is 0 Å². The Bertz CT molecular complexity index is 241. The third-order valence-electron chi connectivity index (χ3n) is 2.40. The average Bonchev–Trinajstić information content (AvgIpc) is 2.30. The van der Waals surface area contributed by atoms with Crippen LogP contribution in [0.1, 0.15) is 52.9 Å². The molecule has 0 aromatic rings. The summed E-state index contributed by atoms with van der Waals surface area (Å²) in [6.07, 6.45) is 13.7. The van der Waals surface area contributed by atoms with E-state index in [9.17, 15) is 4.79 Å². The lowest BCUT2D eigenvalue weighted by molar-refractivity contribution is -0.116. The highest BCUT2D eigenvalue weighted by Gasteiger charge is 1.95. The van der Waals surface area contributed by atoms with E-state index in [4.69, 9.17) is 0 Å². The first kappa shape index (κ1) is 16.0. The minimum absolute atomic E-state index is 0.00525. The number of carbonyl (C=O) groups is 1. The summed E-state index contributed by atoms with van der Waals surface area (Å²) in [6, 6.07) is 0. The van der Waals surface area contributed by atoms with Gasteiger partial charge < -0.3 is 5.32 Å². The second kappa shape index (κ2) is 11.4. The Kier molecular flexibility index (Phi) is 10.7. The molecule has 0 aromatic heterocycles. The predicted molar refractivity (Wildman–Crippen MR) is 74.9 cm³/mol. The van der Waals surface area contributed by atoms with Gasteiger partial charge in [-0.2, -0.15) is 0 Å². The van der Waals surface area contributed by atoms with Gasteiger partial charge in [-0.1, -0.05) is 58.3 Å². The van der Waals surface area contributed by atoms with Crippen LogP contribution in [0.2, 0.25) is 0 Å². The number of hydrogen-bond donors (Lipinski definition) is 1. The van der Waals surface area contributed by atoms with Crippen molar-refractivity contribution in [3.05, 3.63) is 24.3 Å². The molecular weight excluding hydrogens is 210 g/mol. The van der Waals surface area contributed by atoms with Gasteiger partial charge in [0.2, 0.25) is 5.91 Å². The Balaban J connectivity index is 3.50. The summed E-state index contributed by atoms with van der Waals surface area (Å²) in [5, 5.41) is 2.84. The third kappa shape index (κ3) is 12.9. The SMILES string of the molecule is CCCCCCC=CC=CC(=O)NCC(C)C. The van der Waals surface area contributed by atoms with Crippen LogP contribution < -0.4 is 5.32 Å². The molecule has 0 aliphatic carbocycles. The van der Waals surface area contributed by atoms with Gasteiger partial charge in [-0.05, 0) is 18.8 Å². The monoisotopic (exact) mass is 237 g/mol. The number of hydrogen-bond acceptors (Lipinski definition) is 1. The van der Waals surface area contributed by atoms with E-state index < -0.39 is 0 Å².